The number of esters is 2. The molecule has 0 saturated heterocycles. The lowest BCUT2D eigenvalue weighted by Crippen LogP contribution is -2.41. The monoisotopic (exact) mass is 459 g/mol. The zero-order valence-electron chi connectivity index (χ0n) is 18.1. The number of likely N-dealkylation sites (N-methyl/N-ethyl adjacent to an activating group) is 1. The molecule has 0 radical (unpaired) electrons. The fourth-order valence-corrected chi connectivity index (χ4v) is 3.48. The van der Waals surface area contributed by atoms with Gasteiger partial charge in [0.05, 0.1) is 17.8 Å². The van der Waals surface area contributed by atoms with Gasteiger partial charge in [-0.25, -0.2) is 9.59 Å². The molecule has 1 aliphatic heterocycles. The fraction of sp³-hybridized carbons (Fsp3) is 0.348. The Hall–Kier alpha value is -3.10. The molecule has 1 aliphatic rings. The van der Waals surface area contributed by atoms with Crippen molar-refractivity contribution in [3.8, 4) is 5.75 Å². The Morgan fingerprint density at radius 1 is 1.16 bits per heavy atom. The van der Waals surface area contributed by atoms with Crippen LogP contribution in [-0.2, 0) is 14.3 Å². The summed E-state index contributed by atoms with van der Waals surface area (Å²) in [7, 11) is 0. The first-order chi connectivity index (χ1) is 15.4. The second-order valence-corrected chi connectivity index (χ2v) is 7.67. The highest BCUT2D eigenvalue weighted by Gasteiger charge is 2.26. The molecule has 32 heavy (non-hydrogen) atoms. The number of nitrogens with zero attached hydrogens (tertiary/aromatic N) is 2. The van der Waals surface area contributed by atoms with E-state index in [4.69, 9.17) is 21.1 Å². The van der Waals surface area contributed by atoms with E-state index in [1.165, 1.54) is 0 Å². The van der Waals surface area contributed by atoms with Gasteiger partial charge >= 0.3 is 11.9 Å². The summed E-state index contributed by atoms with van der Waals surface area (Å²) >= 11 is 6.04. The zero-order valence-corrected chi connectivity index (χ0v) is 18.9. The Kier molecular flexibility index (Phi) is 8.08. The van der Waals surface area contributed by atoms with Gasteiger partial charge in [-0.15, -0.1) is 0 Å². The van der Waals surface area contributed by atoms with Gasteiger partial charge in [-0.3, -0.25) is 4.79 Å². The van der Waals surface area contributed by atoms with Crippen LogP contribution < -0.4 is 15.0 Å². The minimum Gasteiger partial charge on any atom is -0.461 e. The summed E-state index contributed by atoms with van der Waals surface area (Å²) in [5, 5.41) is 3.24. The molecule has 0 aliphatic carbocycles. The van der Waals surface area contributed by atoms with E-state index in [1.54, 1.807) is 47.4 Å². The largest absolute Gasteiger partial charge is 0.461 e. The predicted octanol–water partition coefficient (Wildman–Crippen LogP) is 3.20. The van der Waals surface area contributed by atoms with Crippen molar-refractivity contribution >= 4 is 40.8 Å². The van der Waals surface area contributed by atoms with Crippen molar-refractivity contribution in [3.63, 3.8) is 0 Å². The SMILES string of the molecule is CCN(CC)CCOC(=O)c1ccc(NC(=O)CN2CC(=O)Oc3ccc(Cl)cc32)cc1. The molecule has 0 saturated carbocycles. The molecule has 8 nitrogen and oxygen atoms in total. The van der Waals surface area contributed by atoms with E-state index < -0.39 is 11.9 Å². The molecule has 0 atom stereocenters. The van der Waals surface area contributed by atoms with Crippen LogP contribution >= 0.6 is 11.6 Å². The predicted molar refractivity (Wildman–Crippen MR) is 122 cm³/mol. The first-order valence-electron chi connectivity index (χ1n) is 10.4. The Morgan fingerprint density at radius 3 is 2.56 bits per heavy atom. The quantitative estimate of drug-likeness (QED) is 0.455. The Morgan fingerprint density at radius 2 is 1.88 bits per heavy atom. The smallest absolute Gasteiger partial charge is 0.338 e. The Balaban J connectivity index is 1.55. The van der Waals surface area contributed by atoms with Crippen LogP contribution in [0.5, 0.6) is 5.75 Å². The second-order valence-electron chi connectivity index (χ2n) is 7.23. The standard InChI is InChI=1S/C23H26ClN3O5/c1-3-26(4-2)11-12-31-23(30)16-5-8-18(9-6-16)25-21(28)14-27-15-22(29)32-20-10-7-17(24)13-19(20)27/h5-10,13H,3-4,11-12,14-15H2,1-2H3,(H,25,28). The average molecular weight is 460 g/mol. The number of amides is 1. The normalized spacial score (nSPS) is 12.9. The van der Waals surface area contributed by atoms with Gasteiger partial charge in [0.25, 0.3) is 0 Å². The summed E-state index contributed by atoms with van der Waals surface area (Å²) in [6.07, 6.45) is 0. The maximum Gasteiger partial charge on any atom is 0.338 e. The topological polar surface area (TPSA) is 88.2 Å². The first-order valence-corrected chi connectivity index (χ1v) is 10.8. The fourth-order valence-electron chi connectivity index (χ4n) is 3.32. The number of nitrogens with one attached hydrogen (secondary N) is 1. The highest BCUT2D eigenvalue weighted by atomic mass is 35.5. The molecule has 1 amide bonds. The van der Waals surface area contributed by atoms with Gasteiger partial charge < -0.3 is 24.6 Å². The van der Waals surface area contributed by atoms with Gasteiger partial charge in [0.2, 0.25) is 5.91 Å². The molecule has 0 fully saturated rings. The van der Waals surface area contributed by atoms with E-state index >= 15 is 0 Å². The van der Waals surface area contributed by atoms with Gasteiger partial charge in [-0.1, -0.05) is 25.4 Å². The van der Waals surface area contributed by atoms with Crippen molar-refractivity contribution in [1.82, 2.24) is 4.90 Å². The van der Waals surface area contributed by atoms with E-state index in [2.05, 4.69) is 24.1 Å². The molecule has 0 spiro atoms. The van der Waals surface area contributed by atoms with Crippen LogP contribution in [0.4, 0.5) is 11.4 Å². The van der Waals surface area contributed by atoms with Crippen LogP contribution in [0.2, 0.25) is 5.02 Å². The number of halogens is 1. The van der Waals surface area contributed by atoms with Crippen molar-refractivity contribution in [2.45, 2.75) is 13.8 Å². The molecule has 1 heterocycles. The Labute approximate surface area is 192 Å². The molecular weight excluding hydrogens is 434 g/mol. The summed E-state index contributed by atoms with van der Waals surface area (Å²) < 4.78 is 10.5. The average Bonchev–Trinajstić information content (AvgIpc) is 2.77. The van der Waals surface area contributed by atoms with E-state index in [9.17, 15) is 14.4 Å². The lowest BCUT2D eigenvalue weighted by Gasteiger charge is -2.29. The van der Waals surface area contributed by atoms with Crippen molar-refractivity contribution < 1.29 is 23.9 Å². The number of rotatable bonds is 9. The summed E-state index contributed by atoms with van der Waals surface area (Å²) in [5.74, 6) is -0.811. The minimum absolute atomic E-state index is 0.0565. The number of carbonyl (C=O) groups excluding carboxylic acids is 3. The molecule has 9 heteroatoms. The molecule has 3 rings (SSSR count). The van der Waals surface area contributed by atoms with E-state index in [0.29, 0.717) is 40.9 Å². The van der Waals surface area contributed by atoms with Gasteiger partial charge in [0.15, 0.2) is 5.75 Å². The maximum absolute atomic E-state index is 12.5. The lowest BCUT2D eigenvalue weighted by molar-refractivity contribution is -0.133. The summed E-state index contributed by atoms with van der Waals surface area (Å²) in [6.45, 7) is 6.82. The summed E-state index contributed by atoms with van der Waals surface area (Å²) in [5.41, 5.74) is 1.51. The molecule has 0 aromatic heterocycles. The van der Waals surface area contributed by atoms with E-state index in [-0.39, 0.29) is 19.0 Å². The molecule has 0 unspecified atom stereocenters. The molecule has 1 N–H and O–H groups in total. The second kappa shape index (κ2) is 11.0. The Bertz CT molecular complexity index is 976. The minimum atomic E-state index is -0.448. The first kappa shape index (κ1) is 23.6. The molecular formula is C23H26ClN3O5. The highest BCUT2D eigenvalue weighted by Crippen LogP contribution is 2.34. The third-order valence-corrected chi connectivity index (χ3v) is 5.31. The lowest BCUT2D eigenvalue weighted by atomic mass is 10.2. The van der Waals surface area contributed by atoms with E-state index in [0.717, 1.165) is 13.1 Å². The third-order valence-electron chi connectivity index (χ3n) is 5.08. The number of fused-ring (bicyclic) bond motifs is 1. The number of ether oxygens (including phenoxy) is 2. The van der Waals surface area contributed by atoms with Crippen LogP contribution in [0.15, 0.2) is 42.5 Å². The zero-order chi connectivity index (χ0) is 23.1. The molecule has 2 aromatic carbocycles. The third kappa shape index (κ3) is 6.21. The molecule has 2 aromatic rings. The number of hydrogen-bond acceptors (Lipinski definition) is 7. The van der Waals surface area contributed by atoms with Crippen molar-refractivity contribution in [2.75, 3.05) is 49.5 Å². The van der Waals surface area contributed by atoms with Gasteiger partial charge in [0.1, 0.15) is 13.2 Å². The van der Waals surface area contributed by atoms with E-state index in [1.807, 2.05) is 0 Å². The molecule has 0 bridgehead atoms. The summed E-state index contributed by atoms with van der Waals surface area (Å²) in [4.78, 5) is 40.3. The van der Waals surface area contributed by atoms with Crippen LogP contribution in [0.3, 0.4) is 0 Å². The number of carbonyl (C=O) groups is 3. The van der Waals surface area contributed by atoms with Crippen LogP contribution in [0.1, 0.15) is 24.2 Å². The number of hydrogen-bond donors (Lipinski definition) is 1. The van der Waals surface area contributed by atoms with Crippen molar-refractivity contribution in [1.29, 1.82) is 0 Å². The van der Waals surface area contributed by atoms with Crippen molar-refractivity contribution in [2.24, 2.45) is 0 Å². The number of anilines is 2. The van der Waals surface area contributed by atoms with Gasteiger partial charge in [-0.05, 0) is 55.6 Å². The summed E-state index contributed by atoms with van der Waals surface area (Å²) in [6, 6.07) is 11.3. The highest BCUT2D eigenvalue weighted by molar-refractivity contribution is 6.31. The number of benzene rings is 2. The van der Waals surface area contributed by atoms with Crippen LogP contribution in [0, 0.1) is 0 Å². The molecule has 170 valence electrons. The van der Waals surface area contributed by atoms with Crippen LogP contribution in [-0.4, -0.2) is 62.1 Å². The van der Waals surface area contributed by atoms with Gasteiger partial charge in [-0.2, -0.15) is 0 Å². The van der Waals surface area contributed by atoms with Crippen LogP contribution in [0.25, 0.3) is 0 Å². The maximum atomic E-state index is 12.5. The van der Waals surface area contributed by atoms with Crippen molar-refractivity contribution in [3.05, 3.63) is 53.1 Å². The van der Waals surface area contributed by atoms with Gasteiger partial charge in [0, 0.05) is 17.3 Å².